The zero-order chi connectivity index (χ0) is 15.5. The van der Waals surface area contributed by atoms with Gasteiger partial charge in [-0.3, -0.25) is 4.79 Å². The molecule has 0 aliphatic carbocycles. The number of ether oxygens (including phenoxy) is 1. The van der Waals surface area contributed by atoms with E-state index in [0.29, 0.717) is 6.54 Å². The minimum absolute atomic E-state index is 0. The van der Waals surface area contributed by atoms with Crippen molar-refractivity contribution in [3.8, 4) is 5.75 Å². The Morgan fingerprint density at radius 3 is 2.79 bits per heavy atom. The first-order chi connectivity index (χ1) is 10.7. The first-order valence-corrected chi connectivity index (χ1v) is 8.15. The van der Waals surface area contributed by atoms with E-state index in [1.807, 2.05) is 36.1 Å². The number of aryl methyl sites for hydroxylation is 1. The number of carbonyl (C=O) groups is 1. The molecule has 3 rings (SSSR count). The van der Waals surface area contributed by atoms with Crippen molar-refractivity contribution in [2.45, 2.75) is 13.0 Å². The number of halogens is 2. The Bertz CT molecular complexity index is 681. The van der Waals surface area contributed by atoms with Crippen molar-refractivity contribution >= 4 is 42.1 Å². The van der Waals surface area contributed by atoms with Crippen LogP contribution in [-0.4, -0.2) is 42.5 Å². The van der Waals surface area contributed by atoms with Crippen molar-refractivity contribution in [3.05, 3.63) is 45.9 Å². The number of thiazole rings is 1. The van der Waals surface area contributed by atoms with E-state index >= 15 is 0 Å². The molecule has 1 aromatic heterocycles. The summed E-state index contributed by atoms with van der Waals surface area (Å²) in [5, 5.41) is 3.37. The highest BCUT2D eigenvalue weighted by atomic mass is 35.5. The van der Waals surface area contributed by atoms with Gasteiger partial charge < -0.3 is 15.0 Å². The summed E-state index contributed by atoms with van der Waals surface area (Å²) >= 11 is 1.40. The number of methoxy groups -OCH3 is 1. The molecule has 24 heavy (non-hydrogen) atoms. The van der Waals surface area contributed by atoms with Crippen LogP contribution in [0, 0.1) is 6.92 Å². The summed E-state index contributed by atoms with van der Waals surface area (Å²) < 4.78 is 5.47. The van der Waals surface area contributed by atoms with E-state index < -0.39 is 0 Å². The summed E-state index contributed by atoms with van der Waals surface area (Å²) in [5.74, 6) is 0.868. The molecule has 1 unspecified atom stereocenters. The molecule has 0 radical (unpaired) electrons. The van der Waals surface area contributed by atoms with Crippen molar-refractivity contribution in [2.75, 3.05) is 26.7 Å². The predicted molar refractivity (Wildman–Crippen MR) is 101 cm³/mol. The van der Waals surface area contributed by atoms with Gasteiger partial charge in [-0.2, -0.15) is 0 Å². The number of amides is 1. The maximum atomic E-state index is 12.9. The van der Waals surface area contributed by atoms with Gasteiger partial charge in [0.1, 0.15) is 10.6 Å². The van der Waals surface area contributed by atoms with Crippen molar-refractivity contribution in [1.29, 1.82) is 0 Å². The van der Waals surface area contributed by atoms with Gasteiger partial charge in [0.25, 0.3) is 5.91 Å². The maximum Gasteiger partial charge on any atom is 0.266 e. The van der Waals surface area contributed by atoms with Gasteiger partial charge in [-0.15, -0.1) is 36.2 Å². The molecular weight excluding hydrogens is 369 g/mol. The molecule has 2 heterocycles. The van der Waals surface area contributed by atoms with Crippen LogP contribution in [0.15, 0.2) is 29.8 Å². The summed E-state index contributed by atoms with van der Waals surface area (Å²) in [6.45, 7) is 4.09. The highest BCUT2D eigenvalue weighted by Gasteiger charge is 2.31. The monoisotopic (exact) mass is 389 g/mol. The van der Waals surface area contributed by atoms with Gasteiger partial charge in [-0.05, 0) is 13.0 Å². The molecule has 1 aliphatic heterocycles. The normalized spacial score (nSPS) is 16.8. The molecule has 0 spiro atoms. The van der Waals surface area contributed by atoms with E-state index in [-0.39, 0.29) is 36.8 Å². The number of hydrogen-bond acceptors (Lipinski definition) is 5. The SMILES string of the molecule is COc1ccccc1C1CNCCN1C(=O)c1scnc1C.Cl.Cl. The van der Waals surface area contributed by atoms with E-state index in [0.717, 1.165) is 35.0 Å². The van der Waals surface area contributed by atoms with Gasteiger partial charge in [0.05, 0.1) is 24.4 Å². The number of hydrogen-bond donors (Lipinski definition) is 1. The van der Waals surface area contributed by atoms with Crippen LogP contribution in [0.4, 0.5) is 0 Å². The molecule has 1 atom stereocenters. The van der Waals surface area contributed by atoms with E-state index in [4.69, 9.17) is 4.74 Å². The molecule has 1 aromatic carbocycles. The standard InChI is InChI=1S/C16H19N3O2S.2ClH/c1-11-15(22-10-18-11)16(20)19-8-7-17-9-13(19)12-5-3-4-6-14(12)21-2;;/h3-6,10,13,17H,7-9H2,1-2H3;2*1H. The Kier molecular flexibility index (Phi) is 7.96. The lowest BCUT2D eigenvalue weighted by molar-refractivity contribution is 0.0635. The van der Waals surface area contributed by atoms with Crippen LogP contribution >= 0.6 is 36.2 Å². The summed E-state index contributed by atoms with van der Waals surface area (Å²) in [5.41, 5.74) is 3.56. The second-order valence-electron chi connectivity index (χ2n) is 5.23. The van der Waals surface area contributed by atoms with Crippen LogP contribution < -0.4 is 10.1 Å². The van der Waals surface area contributed by atoms with Crippen LogP contribution in [-0.2, 0) is 0 Å². The first kappa shape index (κ1) is 20.7. The minimum Gasteiger partial charge on any atom is -0.496 e. The Labute approximate surface area is 158 Å². The molecule has 2 aromatic rings. The molecule has 8 heteroatoms. The van der Waals surface area contributed by atoms with Crippen molar-refractivity contribution in [2.24, 2.45) is 0 Å². The second-order valence-corrected chi connectivity index (χ2v) is 6.08. The van der Waals surface area contributed by atoms with Crippen LogP contribution in [0.3, 0.4) is 0 Å². The van der Waals surface area contributed by atoms with E-state index in [1.54, 1.807) is 12.6 Å². The molecule has 0 bridgehead atoms. The highest BCUT2D eigenvalue weighted by molar-refractivity contribution is 7.11. The van der Waals surface area contributed by atoms with Gasteiger partial charge in [0, 0.05) is 25.2 Å². The molecule has 1 amide bonds. The summed E-state index contributed by atoms with van der Waals surface area (Å²) in [6, 6.07) is 7.85. The average molecular weight is 390 g/mol. The highest BCUT2D eigenvalue weighted by Crippen LogP contribution is 2.31. The Morgan fingerprint density at radius 1 is 1.38 bits per heavy atom. The quantitative estimate of drug-likeness (QED) is 0.875. The maximum absolute atomic E-state index is 12.9. The number of benzene rings is 1. The Balaban J connectivity index is 0.00000144. The van der Waals surface area contributed by atoms with E-state index in [9.17, 15) is 4.79 Å². The number of carbonyl (C=O) groups excluding carboxylic acids is 1. The summed E-state index contributed by atoms with van der Waals surface area (Å²) in [4.78, 5) is 19.7. The fourth-order valence-corrected chi connectivity index (χ4v) is 3.56. The second kappa shape index (κ2) is 9.22. The van der Waals surface area contributed by atoms with Crippen molar-refractivity contribution < 1.29 is 9.53 Å². The lowest BCUT2D eigenvalue weighted by Crippen LogP contribution is -2.48. The fraction of sp³-hybridized carbons (Fsp3) is 0.375. The number of nitrogens with zero attached hydrogens (tertiary/aromatic N) is 2. The molecule has 1 saturated heterocycles. The molecule has 1 aliphatic rings. The van der Waals surface area contributed by atoms with Gasteiger partial charge in [-0.25, -0.2) is 4.98 Å². The van der Waals surface area contributed by atoms with Gasteiger partial charge in [0.15, 0.2) is 0 Å². The third-order valence-electron chi connectivity index (χ3n) is 3.94. The Morgan fingerprint density at radius 2 is 2.12 bits per heavy atom. The largest absolute Gasteiger partial charge is 0.496 e. The summed E-state index contributed by atoms with van der Waals surface area (Å²) in [6.07, 6.45) is 0. The third-order valence-corrected chi connectivity index (χ3v) is 4.86. The van der Waals surface area contributed by atoms with Gasteiger partial charge in [0.2, 0.25) is 0 Å². The molecule has 1 N–H and O–H groups in total. The predicted octanol–water partition coefficient (Wildman–Crippen LogP) is 3.09. The lowest BCUT2D eigenvalue weighted by Gasteiger charge is -2.37. The molecule has 0 saturated carbocycles. The number of nitrogens with one attached hydrogen (secondary N) is 1. The zero-order valence-corrected chi connectivity index (χ0v) is 16.0. The van der Waals surface area contributed by atoms with Crippen LogP contribution in [0.2, 0.25) is 0 Å². The zero-order valence-electron chi connectivity index (χ0n) is 13.5. The third kappa shape index (κ3) is 4.00. The molecule has 1 fully saturated rings. The number of para-hydroxylation sites is 1. The molecular formula is C16H21Cl2N3O2S. The average Bonchev–Trinajstić information content (AvgIpc) is 3.00. The number of aromatic nitrogens is 1. The minimum atomic E-state index is -0.0288. The van der Waals surface area contributed by atoms with Crippen LogP contribution in [0.1, 0.15) is 27.0 Å². The molecule has 5 nitrogen and oxygen atoms in total. The first-order valence-electron chi connectivity index (χ1n) is 7.27. The van der Waals surface area contributed by atoms with Gasteiger partial charge >= 0.3 is 0 Å². The Hall–Kier alpha value is -1.34. The topological polar surface area (TPSA) is 54.5 Å². The lowest BCUT2D eigenvalue weighted by atomic mass is 10.0. The summed E-state index contributed by atoms with van der Waals surface area (Å²) in [7, 11) is 1.66. The smallest absolute Gasteiger partial charge is 0.266 e. The van der Waals surface area contributed by atoms with Crippen LogP contribution in [0.5, 0.6) is 5.75 Å². The van der Waals surface area contributed by atoms with E-state index in [2.05, 4.69) is 10.3 Å². The van der Waals surface area contributed by atoms with E-state index in [1.165, 1.54) is 11.3 Å². The molecule has 132 valence electrons. The van der Waals surface area contributed by atoms with Crippen molar-refractivity contribution in [1.82, 2.24) is 15.2 Å². The number of piperazine rings is 1. The van der Waals surface area contributed by atoms with Gasteiger partial charge in [-0.1, -0.05) is 18.2 Å². The van der Waals surface area contributed by atoms with Crippen LogP contribution in [0.25, 0.3) is 0 Å². The van der Waals surface area contributed by atoms with Crippen molar-refractivity contribution in [3.63, 3.8) is 0 Å². The fourth-order valence-electron chi connectivity index (χ4n) is 2.80. The number of rotatable bonds is 3.